The molecule has 2 heterocycles. The lowest BCUT2D eigenvalue weighted by Crippen LogP contribution is -2.49. The zero-order chi connectivity index (χ0) is 26.3. The van der Waals surface area contributed by atoms with Crippen LogP contribution in [0.1, 0.15) is 39.6 Å². The zero-order valence-corrected chi connectivity index (χ0v) is 20.4. The monoisotopic (exact) mass is 535 g/mol. The third-order valence-corrected chi connectivity index (χ3v) is 6.83. The molecule has 7 nitrogen and oxygen atoms in total. The Balaban J connectivity index is 1.62. The molecule has 1 aliphatic rings. The number of nitrogens with one attached hydrogen (secondary N) is 1. The van der Waals surface area contributed by atoms with Gasteiger partial charge in [-0.1, -0.05) is 23.2 Å². The van der Waals surface area contributed by atoms with E-state index in [-0.39, 0.29) is 51.2 Å². The minimum Gasteiger partial charge on any atom is -0.393 e. The van der Waals surface area contributed by atoms with Crippen LogP contribution in [0.5, 0.6) is 0 Å². The van der Waals surface area contributed by atoms with Crippen LogP contribution in [0.3, 0.4) is 0 Å². The summed E-state index contributed by atoms with van der Waals surface area (Å²) in [4.78, 5) is 31.2. The van der Waals surface area contributed by atoms with Crippen LogP contribution in [0.15, 0.2) is 54.7 Å². The number of hydrogen-bond donors (Lipinski definition) is 3. The summed E-state index contributed by atoms with van der Waals surface area (Å²) in [7, 11) is 0. The SMILES string of the molecule is CC1(F)CCN(C(=O)c2ccc(NC(=O)c3cc(F)ccc3Cl)nc2)c2ccc(Cl)cc2[C@@]1(O)CO. The maximum absolute atomic E-state index is 15.5. The third-order valence-electron chi connectivity index (χ3n) is 6.26. The summed E-state index contributed by atoms with van der Waals surface area (Å²) in [5, 5.41) is 23.7. The van der Waals surface area contributed by atoms with E-state index in [0.29, 0.717) is 0 Å². The number of aromatic nitrogens is 1. The summed E-state index contributed by atoms with van der Waals surface area (Å²) in [6.07, 6.45) is 0.955. The number of amides is 2. The first-order valence-corrected chi connectivity index (χ1v) is 11.6. The molecule has 1 aromatic heterocycles. The predicted molar refractivity (Wildman–Crippen MR) is 132 cm³/mol. The van der Waals surface area contributed by atoms with Gasteiger partial charge in [-0.2, -0.15) is 0 Å². The van der Waals surface area contributed by atoms with E-state index in [1.54, 1.807) is 0 Å². The molecule has 36 heavy (non-hydrogen) atoms. The fourth-order valence-corrected chi connectivity index (χ4v) is 4.45. The average Bonchev–Trinajstić information content (AvgIpc) is 2.93. The van der Waals surface area contributed by atoms with Gasteiger partial charge >= 0.3 is 0 Å². The number of anilines is 2. The van der Waals surface area contributed by atoms with Gasteiger partial charge in [0.05, 0.1) is 28.4 Å². The summed E-state index contributed by atoms with van der Waals surface area (Å²) in [6.45, 7) is 0.145. The van der Waals surface area contributed by atoms with Crippen molar-refractivity contribution in [2.24, 2.45) is 0 Å². The van der Waals surface area contributed by atoms with Gasteiger partial charge in [0, 0.05) is 29.7 Å². The lowest BCUT2D eigenvalue weighted by atomic mass is 9.79. The van der Waals surface area contributed by atoms with Gasteiger partial charge in [0.15, 0.2) is 0 Å². The minimum absolute atomic E-state index is 0.0165. The van der Waals surface area contributed by atoms with E-state index in [2.05, 4.69) is 10.3 Å². The largest absolute Gasteiger partial charge is 0.393 e. The lowest BCUT2D eigenvalue weighted by Gasteiger charge is -2.37. The standard InChI is InChI=1S/C25H21Cl2F2N3O4/c1-24(29)8-9-32(20-6-3-15(26)10-18(20)25(24,36)13-33)23(35)14-2-7-21(30-12-14)31-22(34)17-11-16(28)4-5-19(17)27/h2-7,10-12,33,36H,8-9,13H2,1H3,(H,30,31,34)/t24?,25-/m0/s1. The maximum Gasteiger partial charge on any atom is 0.259 e. The molecule has 1 unspecified atom stereocenters. The van der Waals surface area contributed by atoms with Gasteiger partial charge in [0.1, 0.15) is 22.9 Å². The zero-order valence-electron chi connectivity index (χ0n) is 18.9. The van der Waals surface area contributed by atoms with E-state index in [1.807, 2.05) is 0 Å². The molecule has 3 aromatic rings. The molecular formula is C25H21Cl2F2N3O4. The van der Waals surface area contributed by atoms with Crippen LogP contribution < -0.4 is 10.2 Å². The van der Waals surface area contributed by atoms with Gasteiger partial charge in [0.2, 0.25) is 0 Å². The summed E-state index contributed by atoms with van der Waals surface area (Å²) >= 11 is 12.0. The lowest BCUT2D eigenvalue weighted by molar-refractivity contribution is -0.130. The van der Waals surface area contributed by atoms with Crippen molar-refractivity contribution in [2.75, 3.05) is 23.4 Å². The van der Waals surface area contributed by atoms with Crippen molar-refractivity contribution in [2.45, 2.75) is 24.6 Å². The van der Waals surface area contributed by atoms with Crippen molar-refractivity contribution >= 4 is 46.5 Å². The van der Waals surface area contributed by atoms with Crippen molar-refractivity contribution < 1.29 is 28.6 Å². The van der Waals surface area contributed by atoms with Gasteiger partial charge in [-0.25, -0.2) is 13.8 Å². The Hall–Kier alpha value is -3.11. The predicted octanol–water partition coefficient (Wildman–Crippen LogP) is 4.74. The molecule has 4 rings (SSSR count). The Bertz CT molecular complexity index is 1340. The van der Waals surface area contributed by atoms with Crippen molar-refractivity contribution in [3.05, 3.63) is 87.3 Å². The van der Waals surface area contributed by atoms with Crippen molar-refractivity contribution in [3.8, 4) is 0 Å². The summed E-state index contributed by atoms with van der Waals surface area (Å²) in [5.41, 5.74) is -4.33. The summed E-state index contributed by atoms with van der Waals surface area (Å²) in [5.74, 6) is -1.77. The number of aliphatic hydroxyl groups is 2. The molecule has 188 valence electrons. The number of carbonyl (C=O) groups excluding carboxylic acids is 2. The number of rotatable bonds is 4. The van der Waals surface area contributed by atoms with Crippen LogP contribution in [-0.2, 0) is 5.60 Å². The molecular weight excluding hydrogens is 515 g/mol. The second kappa shape index (κ2) is 9.74. The highest BCUT2D eigenvalue weighted by molar-refractivity contribution is 6.34. The number of benzene rings is 2. The van der Waals surface area contributed by atoms with E-state index >= 15 is 4.39 Å². The van der Waals surface area contributed by atoms with Crippen molar-refractivity contribution in [1.29, 1.82) is 0 Å². The normalized spacial score (nSPS) is 21.5. The molecule has 2 atom stereocenters. The molecule has 3 N–H and O–H groups in total. The number of alkyl halides is 1. The number of fused-ring (bicyclic) bond motifs is 1. The second-order valence-corrected chi connectivity index (χ2v) is 9.44. The van der Waals surface area contributed by atoms with Crippen LogP contribution in [0, 0.1) is 5.82 Å². The Morgan fingerprint density at radius 3 is 2.58 bits per heavy atom. The van der Waals surface area contributed by atoms with E-state index in [9.17, 15) is 24.2 Å². The van der Waals surface area contributed by atoms with Crippen LogP contribution in [0.4, 0.5) is 20.3 Å². The van der Waals surface area contributed by atoms with Gasteiger partial charge in [-0.15, -0.1) is 0 Å². The number of hydrogen-bond acceptors (Lipinski definition) is 5. The van der Waals surface area contributed by atoms with Crippen LogP contribution in [-0.4, -0.2) is 45.8 Å². The maximum atomic E-state index is 15.5. The number of aliphatic hydroxyl groups excluding tert-OH is 1. The van der Waals surface area contributed by atoms with E-state index < -0.39 is 35.5 Å². The molecule has 2 aromatic carbocycles. The summed E-state index contributed by atoms with van der Waals surface area (Å²) < 4.78 is 29.0. The molecule has 0 spiro atoms. The number of halogens is 4. The Kier molecular flexibility index (Phi) is 7.03. The molecule has 11 heteroatoms. The van der Waals surface area contributed by atoms with Crippen LogP contribution >= 0.6 is 23.2 Å². The van der Waals surface area contributed by atoms with Gasteiger partial charge in [0.25, 0.3) is 11.8 Å². The first-order valence-electron chi connectivity index (χ1n) is 10.8. The first-order chi connectivity index (χ1) is 17.0. The fraction of sp³-hybridized carbons (Fsp3) is 0.240. The molecule has 0 bridgehead atoms. The topological polar surface area (TPSA) is 103 Å². The van der Waals surface area contributed by atoms with Crippen LogP contribution in [0.25, 0.3) is 0 Å². The van der Waals surface area contributed by atoms with E-state index in [0.717, 1.165) is 19.1 Å². The highest BCUT2D eigenvalue weighted by Crippen LogP contribution is 2.46. The molecule has 0 radical (unpaired) electrons. The van der Waals surface area contributed by atoms with E-state index in [1.165, 1.54) is 47.5 Å². The number of pyridine rings is 1. The first kappa shape index (κ1) is 26.0. The minimum atomic E-state index is -2.28. The smallest absolute Gasteiger partial charge is 0.259 e. The van der Waals surface area contributed by atoms with Crippen molar-refractivity contribution in [1.82, 2.24) is 4.98 Å². The Morgan fingerprint density at radius 1 is 1.17 bits per heavy atom. The highest BCUT2D eigenvalue weighted by Gasteiger charge is 2.52. The van der Waals surface area contributed by atoms with E-state index in [4.69, 9.17) is 23.2 Å². The third kappa shape index (κ3) is 4.67. The molecule has 0 saturated carbocycles. The van der Waals surface area contributed by atoms with Gasteiger partial charge < -0.3 is 20.4 Å². The van der Waals surface area contributed by atoms with Crippen LogP contribution in [0.2, 0.25) is 10.0 Å². The average molecular weight is 536 g/mol. The molecule has 0 aliphatic carbocycles. The second-order valence-electron chi connectivity index (χ2n) is 8.59. The Morgan fingerprint density at radius 2 is 1.92 bits per heavy atom. The molecule has 0 saturated heterocycles. The molecule has 2 amide bonds. The summed E-state index contributed by atoms with van der Waals surface area (Å²) in [6, 6.07) is 10.5. The number of nitrogens with zero attached hydrogens (tertiary/aromatic N) is 2. The number of carbonyl (C=O) groups is 2. The van der Waals surface area contributed by atoms with Crippen molar-refractivity contribution in [3.63, 3.8) is 0 Å². The quantitative estimate of drug-likeness (QED) is 0.447. The molecule has 1 aliphatic heterocycles. The Labute approximate surface area is 215 Å². The van der Waals surface area contributed by atoms with Gasteiger partial charge in [-0.3, -0.25) is 9.59 Å². The molecule has 0 fully saturated rings. The highest BCUT2D eigenvalue weighted by atomic mass is 35.5. The fourth-order valence-electron chi connectivity index (χ4n) is 4.07. The van der Waals surface area contributed by atoms with Gasteiger partial charge in [-0.05, 0) is 55.5 Å².